The van der Waals surface area contributed by atoms with Gasteiger partial charge in [-0.2, -0.15) is 0 Å². The summed E-state index contributed by atoms with van der Waals surface area (Å²) in [5.74, 6) is 0.465. The van der Waals surface area contributed by atoms with Gasteiger partial charge in [-0.05, 0) is 36.6 Å². The molecule has 2 rings (SSSR count). The van der Waals surface area contributed by atoms with Crippen LogP contribution in [0, 0.1) is 10.1 Å². The zero-order valence-corrected chi connectivity index (χ0v) is 15.4. The summed E-state index contributed by atoms with van der Waals surface area (Å²) in [6.07, 6.45) is 1.51. The Morgan fingerprint density at radius 3 is 2.54 bits per heavy atom. The van der Waals surface area contributed by atoms with Crippen LogP contribution in [0.4, 0.5) is 5.69 Å². The summed E-state index contributed by atoms with van der Waals surface area (Å²) in [6.45, 7) is 0.845. The van der Waals surface area contributed by atoms with E-state index in [2.05, 4.69) is 5.32 Å². The van der Waals surface area contributed by atoms with Crippen LogP contribution >= 0.6 is 23.2 Å². The normalized spacial score (nSPS) is 10.4. The highest BCUT2D eigenvalue weighted by molar-refractivity contribution is 6.35. The lowest BCUT2D eigenvalue weighted by Gasteiger charge is -2.08. The first-order chi connectivity index (χ1) is 12.5. The molecular formula is C18H18Cl2N2O4. The van der Waals surface area contributed by atoms with Crippen LogP contribution in [0.1, 0.15) is 18.4 Å². The van der Waals surface area contributed by atoms with Gasteiger partial charge in [0.2, 0.25) is 5.91 Å². The van der Waals surface area contributed by atoms with E-state index in [1.165, 1.54) is 12.1 Å². The second-order valence-electron chi connectivity index (χ2n) is 5.55. The average Bonchev–Trinajstić information content (AvgIpc) is 2.60. The molecule has 6 nitrogen and oxygen atoms in total. The zero-order chi connectivity index (χ0) is 18.9. The Morgan fingerprint density at radius 1 is 1.15 bits per heavy atom. The fourth-order valence-corrected chi connectivity index (χ4v) is 2.69. The molecule has 26 heavy (non-hydrogen) atoms. The van der Waals surface area contributed by atoms with Crippen molar-refractivity contribution in [3.05, 3.63) is 68.2 Å². The highest BCUT2D eigenvalue weighted by atomic mass is 35.5. The van der Waals surface area contributed by atoms with Crippen molar-refractivity contribution in [2.75, 3.05) is 13.2 Å². The number of hydrogen-bond donors (Lipinski definition) is 1. The predicted octanol–water partition coefficient (Wildman–Crippen LogP) is 4.42. The maximum Gasteiger partial charge on any atom is 0.269 e. The molecule has 0 spiro atoms. The van der Waals surface area contributed by atoms with E-state index in [-0.39, 0.29) is 11.6 Å². The van der Waals surface area contributed by atoms with Crippen molar-refractivity contribution in [2.45, 2.75) is 19.3 Å². The Balaban J connectivity index is 1.62. The Hall–Kier alpha value is -2.31. The van der Waals surface area contributed by atoms with Crippen molar-refractivity contribution in [3.63, 3.8) is 0 Å². The molecule has 2 aromatic rings. The minimum absolute atomic E-state index is 0.0542. The van der Waals surface area contributed by atoms with E-state index in [0.29, 0.717) is 48.2 Å². The summed E-state index contributed by atoms with van der Waals surface area (Å²) < 4.78 is 5.52. The van der Waals surface area contributed by atoms with Crippen LogP contribution in [-0.4, -0.2) is 24.0 Å². The van der Waals surface area contributed by atoms with Gasteiger partial charge in [-0.1, -0.05) is 35.3 Å². The van der Waals surface area contributed by atoms with E-state index in [1.54, 1.807) is 30.3 Å². The maximum absolute atomic E-state index is 11.8. The third-order valence-corrected chi connectivity index (χ3v) is 4.11. The Kier molecular flexibility index (Phi) is 7.69. The van der Waals surface area contributed by atoms with E-state index in [4.69, 9.17) is 27.9 Å². The van der Waals surface area contributed by atoms with E-state index in [1.807, 2.05) is 0 Å². The van der Waals surface area contributed by atoms with Gasteiger partial charge in [-0.15, -0.1) is 0 Å². The number of rotatable bonds is 9. The first kappa shape index (κ1) is 20.0. The van der Waals surface area contributed by atoms with Crippen LogP contribution in [0.25, 0.3) is 0 Å². The van der Waals surface area contributed by atoms with Crippen molar-refractivity contribution in [2.24, 2.45) is 0 Å². The molecule has 8 heteroatoms. The molecule has 138 valence electrons. The number of ether oxygens (including phenoxy) is 1. The minimum atomic E-state index is -0.440. The fourth-order valence-electron chi connectivity index (χ4n) is 2.23. The second-order valence-corrected chi connectivity index (χ2v) is 6.39. The lowest BCUT2D eigenvalue weighted by Crippen LogP contribution is -2.25. The molecule has 0 aliphatic heterocycles. The number of benzene rings is 2. The van der Waals surface area contributed by atoms with Gasteiger partial charge in [0.15, 0.2) is 0 Å². The quantitative estimate of drug-likeness (QED) is 0.386. The van der Waals surface area contributed by atoms with Gasteiger partial charge in [0, 0.05) is 30.1 Å². The number of carbonyl (C=O) groups excluding carboxylic acids is 1. The van der Waals surface area contributed by atoms with E-state index in [0.717, 1.165) is 5.56 Å². The number of carbonyl (C=O) groups is 1. The first-order valence-corrected chi connectivity index (χ1v) is 8.79. The van der Waals surface area contributed by atoms with Gasteiger partial charge < -0.3 is 10.1 Å². The van der Waals surface area contributed by atoms with Crippen LogP contribution in [0.15, 0.2) is 42.5 Å². The lowest BCUT2D eigenvalue weighted by molar-refractivity contribution is -0.384. The molecule has 1 amide bonds. The highest BCUT2D eigenvalue weighted by Gasteiger charge is 2.06. The minimum Gasteiger partial charge on any atom is -0.492 e. The molecule has 1 N–H and O–H groups in total. The molecule has 0 aromatic heterocycles. The van der Waals surface area contributed by atoms with Crippen LogP contribution in [0.2, 0.25) is 10.0 Å². The van der Waals surface area contributed by atoms with Crippen molar-refractivity contribution in [1.82, 2.24) is 5.32 Å². The molecule has 2 aromatic carbocycles. The first-order valence-electron chi connectivity index (χ1n) is 8.03. The average molecular weight is 397 g/mol. The molecule has 0 heterocycles. The van der Waals surface area contributed by atoms with Crippen molar-refractivity contribution < 1.29 is 14.5 Å². The van der Waals surface area contributed by atoms with Crippen molar-refractivity contribution in [3.8, 4) is 5.75 Å². The summed E-state index contributed by atoms with van der Waals surface area (Å²) in [4.78, 5) is 22.0. The second kappa shape index (κ2) is 9.99. The third kappa shape index (κ3) is 6.54. The Bertz CT molecular complexity index is 766. The monoisotopic (exact) mass is 396 g/mol. The predicted molar refractivity (Wildman–Crippen MR) is 101 cm³/mol. The molecule has 0 unspecified atom stereocenters. The summed E-state index contributed by atoms with van der Waals surface area (Å²) >= 11 is 11.8. The van der Waals surface area contributed by atoms with Gasteiger partial charge in [0.05, 0.1) is 16.6 Å². The number of hydrogen-bond acceptors (Lipinski definition) is 4. The lowest BCUT2D eigenvalue weighted by atomic mass is 10.1. The molecule has 0 fully saturated rings. The summed E-state index contributed by atoms with van der Waals surface area (Å²) in [7, 11) is 0. The van der Waals surface area contributed by atoms with E-state index in [9.17, 15) is 14.9 Å². The third-order valence-electron chi connectivity index (χ3n) is 3.58. The van der Waals surface area contributed by atoms with Crippen LogP contribution in [0.5, 0.6) is 5.75 Å². The largest absolute Gasteiger partial charge is 0.492 e. The smallest absolute Gasteiger partial charge is 0.269 e. The zero-order valence-electron chi connectivity index (χ0n) is 13.9. The summed E-state index contributed by atoms with van der Waals surface area (Å²) in [5.41, 5.74) is 0.982. The molecular weight excluding hydrogens is 379 g/mol. The van der Waals surface area contributed by atoms with Gasteiger partial charge in [-0.3, -0.25) is 14.9 Å². The number of non-ortho nitro benzene ring substituents is 1. The van der Waals surface area contributed by atoms with Gasteiger partial charge in [-0.25, -0.2) is 0 Å². The Labute approximate surface area is 161 Å². The maximum atomic E-state index is 11.8. The van der Waals surface area contributed by atoms with Gasteiger partial charge in [0.1, 0.15) is 5.75 Å². The van der Waals surface area contributed by atoms with Crippen LogP contribution in [-0.2, 0) is 11.2 Å². The molecule has 0 radical (unpaired) electrons. The number of halogens is 2. The molecule has 0 aliphatic rings. The van der Waals surface area contributed by atoms with E-state index < -0.39 is 4.92 Å². The molecule has 0 saturated heterocycles. The molecule has 0 atom stereocenters. The van der Waals surface area contributed by atoms with Crippen LogP contribution in [0.3, 0.4) is 0 Å². The Morgan fingerprint density at radius 2 is 1.88 bits per heavy atom. The van der Waals surface area contributed by atoms with Crippen molar-refractivity contribution >= 4 is 34.8 Å². The molecule has 0 bridgehead atoms. The highest BCUT2D eigenvalue weighted by Crippen LogP contribution is 2.27. The van der Waals surface area contributed by atoms with Gasteiger partial charge in [0.25, 0.3) is 5.69 Å². The molecule has 0 saturated carbocycles. The van der Waals surface area contributed by atoms with Crippen LogP contribution < -0.4 is 10.1 Å². The van der Waals surface area contributed by atoms with Gasteiger partial charge >= 0.3 is 0 Å². The number of nitrogens with zero attached hydrogens (tertiary/aromatic N) is 1. The number of nitro benzene ring substituents is 1. The topological polar surface area (TPSA) is 81.5 Å². The SMILES string of the molecule is O=C(CCCOc1ccc(Cl)cc1Cl)NCCc1ccc([N+](=O)[O-])cc1. The summed E-state index contributed by atoms with van der Waals surface area (Å²) in [5, 5.41) is 14.4. The standard InChI is InChI=1S/C18H18Cl2N2O4/c19-14-5-8-17(16(20)12-14)26-11-1-2-18(23)21-10-9-13-3-6-15(7-4-13)22(24)25/h3-8,12H,1-2,9-11H2,(H,21,23). The molecule has 0 aliphatic carbocycles. The fraction of sp³-hybridized carbons (Fsp3) is 0.278. The van der Waals surface area contributed by atoms with E-state index >= 15 is 0 Å². The number of amides is 1. The number of nitrogens with one attached hydrogen (secondary N) is 1. The number of nitro groups is 1. The van der Waals surface area contributed by atoms with Crippen molar-refractivity contribution in [1.29, 1.82) is 0 Å². The summed E-state index contributed by atoms with van der Waals surface area (Å²) in [6, 6.07) is 11.3.